The molecule has 0 radical (unpaired) electrons. The number of rotatable bonds is 4. The molecule has 0 spiro atoms. The van der Waals surface area contributed by atoms with E-state index in [1.165, 1.54) is 17.5 Å². The number of nitrogens with one attached hydrogen (secondary N) is 1. The molecule has 0 atom stereocenters. The van der Waals surface area contributed by atoms with Crippen LogP contribution in [0.25, 0.3) is 0 Å². The Kier molecular flexibility index (Phi) is 2.84. The zero-order valence-corrected chi connectivity index (χ0v) is 10.0. The fourth-order valence-electron chi connectivity index (χ4n) is 1.85. The molecule has 1 aromatic heterocycles. The van der Waals surface area contributed by atoms with Crippen LogP contribution >= 0.6 is 0 Å². The molecule has 2 aromatic rings. The summed E-state index contributed by atoms with van der Waals surface area (Å²) in [4.78, 5) is 11.9. The zero-order chi connectivity index (χ0) is 12.4. The fourth-order valence-corrected chi connectivity index (χ4v) is 1.85. The van der Waals surface area contributed by atoms with Crippen LogP contribution in [0.1, 0.15) is 18.4 Å². The van der Waals surface area contributed by atoms with Gasteiger partial charge in [0.05, 0.1) is 18.4 Å². The van der Waals surface area contributed by atoms with Gasteiger partial charge in [0.15, 0.2) is 0 Å². The van der Waals surface area contributed by atoms with Crippen molar-refractivity contribution in [3.63, 3.8) is 0 Å². The van der Waals surface area contributed by atoms with Gasteiger partial charge in [-0.25, -0.2) is 4.68 Å². The van der Waals surface area contributed by atoms with E-state index < -0.39 is 0 Å². The Bertz CT molecular complexity index is 587. The molecule has 0 bridgehead atoms. The molecule has 3 rings (SSSR count). The monoisotopic (exact) mass is 241 g/mol. The SMILES string of the molecule is O=c1cc(NC2CC2)cnn1Cc1ccccc1. The van der Waals surface area contributed by atoms with E-state index in [2.05, 4.69) is 10.4 Å². The highest BCUT2D eigenvalue weighted by molar-refractivity contribution is 5.41. The first-order valence-electron chi connectivity index (χ1n) is 6.19. The van der Waals surface area contributed by atoms with E-state index in [1.807, 2.05) is 30.3 Å². The van der Waals surface area contributed by atoms with Crippen molar-refractivity contribution in [3.05, 3.63) is 58.5 Å². The molecule has 18 heavy (non-hydrogen) atoms. The van der Waals surface area contributed by atoms with E-state index in [0.717, 1.165) is 11.3 Å². The van der Waals surface area contributed by atoms with Gasteiger partial charge in [-0.15, -0.1) is 0 Å². The lowest BCUT2D eigenvalue weighted by molar-refractivity contribution is 0.639. The summed E-state index contributed by atoms with van der Waals surface area (Å²) in [5.41, 5.74) is 1.84. The maximum atomic E-state index is 11.9. The quantitative estimate of drug-likeness (QED) is 0.888. The Balaban J connectivity index is 1.78. The predicted molar refractivity (Wildman–Crippen MR) is 70.7 cm³/mol. The number of hydrogen-bond acceptors (Lipinski definition) is 3. The minimum absolute atomic E-state index is 0.0653. The Morgan fingerprint density at radius 2 is 2.06 bits per heavy atom. The molecular formula is C14H15N3O. The molecule has 1 aliphatic carbocycles. The van der Waals surface area contributed by atoms with Crippen LogP contribution in [0.4, 0.5) is 5.69 Å². The van der Waals surface area contributed by atoms with Crippen molar-refractivity contribution < 1.29 is 0 Å². The summed E-state index contributed by atoms with van der Waals surface area (Å²) in [6.07, 6.45) is 4.10. The van der Waals surface area contributed by atoms with Crippen LogP contribution in [-0.2, 0) is 6.54 Å². The smallest absolute Gasteiger partial charge is 0.269 e. The zero-order valence-electron chi connectivity index (χ0n) is 10.0. The van der Waals surface area contributed by atoms with Gasteiger partial charge >= 0.3 is 0 Å². The van der Waals surface area contributed by atoms with Crippen molar-refractivity contribution in [3.8, 4) is 0 Å². The summed E-state index contributed by atoms with van der Waals surface area (Å²) < 4.78 is 1.48. The molecule has 4 heteroatoms. The number of hydrogen-bond donors (Lipinski definition) is 1. The average molecular weight is 241 g/mol. The van der Waals surface area contributed by atoms with Gasteiger partial charge in [0.1, 0.15) is 0 Å². The minimum Gasteiger partial charge on any atom is -0.381 e. The molecular weight excluding hydrogens is 226 g/mol. The third-order valence-electron chi connectivity index (χ3n) is 2.99. The highest BCUT2D eigenvalue weighted by atomic mass is 16.1. The summed E-state index contributed by atoms with van der Waals surface area (Å²) >= 11 is 0. The molecule has 1 saturated carbocycles. The van der Waals surface area contributed by atoms with Gasteiger partial charge in [-0.1, -0.05) is 30.3 Å². The van der Waals surface area contributed by atoms with Crippen molar-refractivity contribution in [1.29, 1.82) is 0 Å². The lowest BCUT2D eigenvalue weighted by Gasteiger charge is -2.07. The normalized spacial score (nSPS) is 14.4. The molecule has 4 nitrogen and oxygen atoms in total. The first kappa shape index (κ1) is 11.0. The van der Waals surface area contributed by atoms with Gasteiger partial charge < -0.3 is 5.32 Å². The van der Waals surface area contributed by atoms with Crippen molar-refractivity contribution in [2.24, 2.45) is 0 Å². The van der Waals surface area contributed by atoms with E-state index in [0.29, 0.717) is 12.6 Å². The minimum atomic E-state index is -0.0653. The number of benzene rings is 1. The Morgan fingerprint density at radius 3 is 2.72 bits per heavy atom. The average Bonchev–Trinajstić information content (AvgIpc) is 3.18. The first-order chi connectivity index (χ1) is 8.81. The lowest BCUT2D eigenvalue weighted by atomic mass is 10.2. The molecule has 0 unspecified atom stereocenters. The molecule has 1 fully saturated rings. The maximum absolute atomic E-state index is 11.9. The summed E-state index contributed by atoms with van der Waals surface area (Å²) in [6.45, 7) is 0.517. The van der Waals surface area contributed by atoms with Gasteiger partial charge in [0.25, 0.3) is 5.56 Å². The van der Waals surface area contributed by atoms with Crippen molar-refractivity contribution >= 4 is 5.69 Å². The van der Waals surface area contributed by atoms with E-state index in [4.69, 9.17) is 0 Å². The van der Waals surface area contributed by atoms with Gasteiger partial charge in [-0.05, 0) is 18.4 Å². The third-order valence-corrected chi connectivity index (χ3v) is 2.99. The van der Waals surface area contributed by atoms with Crippen LogP contribution in [-0.4, -0.2) is 15.8 Å². The standard InChI is InChI=1S/C14H15N3O/c18-14-8-13(16-12-6-7-12)9-15-17(14)10-11-4-2-1-3-5-11/h1-5,8-9,12,16H,6-7,10H2. The topological polar surface area (TPSA) is 46.9 Å². The van der Waals surface area contributed by atoms with Crippen LogP contribution in [0.2, 0.25) is 0 Å². The first-order valence-corrected chi connectivity index (χ1v) is 6.19. The van der Waals surface area contributed by atoms with Crippen LogP contribution < -0.4 is 10.9 Å². The lowest BCUT2D eigenvalue weighted by Crippen LogP contribution is -2.23. The highest BCUT2D eigenvalue weighted by Crippen LogP contribution is 2.23. The Morgan fingerprint density at radius 1 is 1.28 bits per heavy atom. The second-order valence-corrected chi connectivity index (χ2v) is 4.64. The molecule has 0 saturated heterocycles. The molecule has 0 aliphatic heterocycles. The van der Waals surface area contributed by atoms with Gasteiger partial charge in [0.2, 0.25) is 0 Å². The second-order valence-electron chi connectivity index (χ2n) is 4.64. The van der Waals surface area contributed by atoms with Gasteiger partial charge in [0, 0.05) is 12.1 Å². The molecule has 1 aliphatic rings. The molecule has 92 valence electrons. The van der Waals surface area contributed by atoms with Crippen LogP contribution in [0, 0.1) is 0 Å². The molecule has 0 amide bonds. The molecule has 1 heterocycles. The van der Waals surface area contributed by atoms with Crippen molar-refractivity contribution in [2.45, 2.75) is 25.4 Å². The summed E-state index contributed by atoms with van der Waals surface area (Å²) in [5, 5.41) is 7.47. The summed E-state index contributed by atoms with van der Waals surface area (Å²) in [7, 11) is 0. The van der Waals surface area contributed by atoms with Crippen molar-refractivity contribution in [2.75, 3.05) is 5.32 Å². The number of anilines is 1. The predicted octanol–water partition coefficient (Wildman–Crippen LogP) is 1.87. The van der Waals surface area contributed by atoms with Crippen molar-refractivity contribution in [1.82, 2.24) is 9.78 Å². The van der Waals surface area contributed by atoms with E-state index in [1.54, 1.807) is 12.3 Å². The van der Waals surface area contributed by atoms with Gasteiger partial charge in [-0.2, -0.15) is 5.10 Å². The third kappa shape index (κ3) is 2.59. The summed E-state index contributed by atoms with van der Waals surface area (Å²) in [5.74, 6) is 0. The van der Waals surface area contributed by atoms with E-state index in [-0.39, 0.29) is 5.56 Å². The summed E-state index contributed by atoms with van der Waals surface area (Å²) in [6, 6.07) is 12.0. The Hall–Kier alpha value is -2.10. The van der Waals surface area contributed by atoms with E-state index >= 15 is 0 Å². The van der Waals surface area contributed by atoms with E-state index in [9.17, 15) is 4.79 Å². The highest BCUT2D eigenvalue weighted by Gasteiger charge is 2.20. The largest absolute Gasteiger partial charge is 0.381 e. The van der Waals surface area contributed by atoms with Crippen LogP contribution in [0.3, 0.4) is 0 Å². The maximum Gasteiger partial charge on any atom is 0.269 e. The second kappa shape index (κ2) is 4.64. The number of aromatic nitrogens is 2. The fraction of sp³-hybridized carbons (Fsp3) is 0.286. The Labute approximate surface area is 105 Å². The van der Waals surface area contributed by atoms with Crippen LogP contribution in [0.5, 0.6) is 0 Å². The molecule has 1 aromatic carbocycles. The van der Waals surface area contributed by atoms with Crippen LogP contribution in [0.15, 0.2) is 47.4 Å². The van der Waals surface area contributed by atoms with Gasteiger partial charge in [-0.3, -0.25) is 4.79 Å². The molecule has 1 N–H and O–H groups in total. The number of nitrogens with zero attached hydrogens (tertiary/aromatic N) is 2.